The number of carbonyl (C=O) groups is 2. The van der Waals surface area contributed by atoms with E-state index >= 15 is 0 Å². The zero-order chi connectivity index (χ0) is 24.0. The maximum absolute atomic E-state index is 13.7. The summed E-state index contributed by atoms with van der Waals surface area (Å²) in [6.45, 7) is 5.07. The normalized spacial score (nSPS) is 20.7. The molecule has 2 fully saturated rings. The van der Waals surface area contributed by atoms with E-state index in [9.17, 15) is 9.59 Å². The second kappa shape index (κ2) is 9.04. The van der Waals surface area contributed by atoms with Crippen molar-refractivity contribution in [2.75, 3.05) is 20.2 Å². The van der Waals surface area contributed by atoms with E-state index in [2.05, 4.69) is 16.4 Å². The first kappa shape index (κ1) is 22.9. The van der Waals surface area contributed by atoms with Crippen LogP contribution in [0.2, 0.25) is 5.02 Å². The second-order valence-electron chi connectivity index (χ2n) is 9.02. The SMILES string of the molecule is COc1cc(Cl)ccc1C(=O)NC[C@@H]1[C@H]2C[C@H]2CN1C(=O)c1nc(C)sc1-c1cccc(C)c1. The summed E-state index contributed by atoms with van der Waals surface area (Å²) >= 11 is 7.57. The fourth-order valence-electron chi connectivity index (χ4n) is 4.90. The van der Waals surface area contributed by atoms with E-state index in [1.165, 1.54) is 7.11 Å². The molecule has 1 saturated heterocycles. The zero-order valence-electron chi connectivity index (χ0n) is 19.3. The molecule has 1 aromatic heterocycles. The molecule has 176 valence electrons. The molecule has 0 unspecified atom stereocenters. The van der Waals surface area contributed by atoms with Crippen LogP contribution in [0.3, 0.4) is 0 Å². The molecule has 2 aliphatic rings. The van der Waals surface area contributed by atoms with Crippen LogP contribution in [0.1, 0.15) is 37.8 Å². The van der Waals surface area contributed by atoms with Crippen molar-refractivity contribution in [1.29, 1.82) is 0 Å². The number of amides is 2. The number of piperidine rings is 1. The lowest BCUT2D eigenvalue weighted by Gasteiger charge is -2.27. The molecule has 1 N–H and O–H groups in total. The molecule has 1 saturated carbocycles. The Morgan fingerprint density at radius 3 is 2.82 bits per heavy atom. The van der Waals surface area contributed by atoms with Gasteiger partial charge in [-0.2, -0.15) is 0 Å². The molecule has 1 aliphatic carbocycles. The number of rotatable bonds is 6. The first-order valence-corrected chi connectivity index (χ1v) is 12.5. The number of thiazole rings is 1. The van der Waals surface area contributed by atoms with Crippen molar-refractivity contribution in [1.82, 2.24) is 15.2 Å². The molecule has 0 bridgehead atoms. The molecule has 0 spiro atoms. The van der Waals surface area contributed by atoms with Crippen LogP contribution in [0.5, 0.6) is 5.75 Å². The zero-order valence-corrected chi connectivity index (χ0v) is 20.9. The van der Waals surface area contributed by atoms with Gasteiger partial charge in [0.2, 0.25) is 0 Å². The van der Waals surface area contributed by atoms with E-state index in [0.29, 0.717) is 47.0 Å². The highest BCUT2D eigenvalue weighted by molar-refractivity contribution is 7.15. The second-order valence-corrected chi connectivity index (χ2v) is 10.7. The molecular weight excluding hydrogens is 470 g/mol. The molecule has 2 heterocycles. The van der Waals surface area contributed by atoms with Crippen molar-refractivity contribution < 1.29 is 14.3 Å². The topological polar surface area (TPSA) is 71.5 Å². The van der Waals surface area contributed by atoms with Gasteiger partial charge >= 0.3 is 0 Å². The maximum atomic E-state index is 13.7. The quantitative estimate of drug-likeness (QED) is 0.523. The van der Waals surface area contributed by atoms with E-state index in [1.807, 2.05) is 36.9 Å². The van der Waals surface area contributed by atoms with Gasteiger partial charge in [-0.15, -0.1) is 11.3 Å². The fourth-order valence-corrected chi connectivity index (χ4v) is 5.97. The number of benzene rings is 2. The first-order chi connectivity index (χ1) is 16.4. The molecule has 2 aromatic carbocycles. The van der Waals surface area contributed by atoms with Crippen molar-refractivity contribution >= 4 is 34.8 Å². The highest BCUT2D eigenvalue weighted by atomic mass is 35.5. The van der Waals surface area contributed by atoms with Gasteiger partial charge in [0.1, 0.15) is 11.4 Å². The van der Waals surface area contributed by atoms with Gasteiger partial charge in [-0.3, -0.25) is 9.59 Å². The number of hydrogen-bond donors (Lipinski definition) is 1. The Morgan fingerprint density at radius 1 is 1.24 bits per heavy atom. The van der Waals surface area contributed by atoms with Crippen molar-refractivity contribution in [3.8, 4) is 16.2 Å². The number of aryl methyl sites for hydroxylation is 2. The Kier molecular flexibility index (Phi) is 6.08. The van der Waals surface area contributed by atoms with Crippen LogP contribution in [0.4, 0.5) is 0 Å². The third-order valence-electron chi connectivity index (χ3n) is 6.66. The minimum absolute atomic E-state index is 0.0490. The van der Waals surface area contributed by atoms with Crippen LogP contribution in [-0.4, -0.2) is 47.9 Å². The summed E-state index contributed by atoms with van der Waals surface area (Å²) in [6.07, 6.45) is 1.09. The molecule has 5 rings (SSSR count). The van der Waals surface area contributed by atoms with Gasteiger partial charge in [-0.1, -0.05) is 41.4 Å². The summed E-state index contributed by atoms with van der Waals surface area (Å²) in [5, 5.41) is 4.38. The predicted molar refractivity (Wildman–Crippen MR) is 134 cm³/mol. The van der Waals surface area contributed by atoms with Gasteiger partial charge in [-0.25, -0.2) is 4.98 Å². The molecule has 3 aromatic rings. The number of methoxy groups -OCH3 is 1. The standard InChI is InChI=1S/C26H26ClN3O3S/c1-14-5-4-6-16(9-14)24-23(29-15(2)34-24)26(32)30-13-17-10-20(17)21(30)12-28-25(31)19-8-7-18(27)11-22(19)33-3/h4-9,11,17,20-21H,10,12-13H2,1-3H3,(H,28,31)/t17-,20-,21+/m0/s1. The number of aromatic nitrogens is 1. The highest BCUT2D eigenvalue weighted by Crippen LogP contribution is 2.50. The summed E-state index contributed by atoms with van der Waals surface area (Å²) in [6, 6.07) is 13.0. The summed E-state index contributed by atoms with van der Waals surface area (Å²) in [4.78, 5) is 34.0. The van der Waals surface area contributed by atoms with Crippen LogP contribution in [-0.2, 0) is 0 Å². The first-order valence-electron chi connectivity index (χ1n) is 11.3. The monoisotopic (exact) mass is 495 g/mol. The number of hydrogen-bond acceptors (Lipinski definition) is 5. The number of nitrogens with zero attached hydrogens (tertiary/aromatic N) is 2. The van der Waals surface area contributed by atoms with Crippen molar-refractivity contribution in [3.05, 3.63) is 69.3 Å². The maximum Gasteiger partial charge on any atom is 0.274 e. The number of ether oxygens (including phenoxy) is 1. The number of likely N-dealkylation sites (tertiary alicyclic amines) is 1. The van der Waals surface area contributed by atoms with Crippen LogP contribution in [0, 0.1) is 25.7 Å². The van der Waals surface area contributed by atoms with Gasteiger partial charge in [0.25, 0.3) is 11.8 Å². The highest BCUT2D eigenvalue weighted by Gasteiger charge is 2.54. The molecule has 6 nitrogen and oxygen atoms in total. The van der Waals surface area contributed by atoms with Crippen LogP contribution < -0.4 is 10.1 Å². The lowest BCUT2D eigenvalue weighted by atomic mass is 10.1. The molecular formula is C26H26ClN3O3S. The van der Waals surface area contributed by atoms with Gasteiger partial charge in [-0.05, 0) is 55.9 Å². The third kappa shape index (κ3) is 4.30. The lowest BCUT2D eigenvalue weighted by Crippen LogP contribution is -2.45. The number of halogens is 1. The minimum Gasteiger partial charge on any atom is -0.496 e. The smallest absolute Gasteiger partial charge is 0.274 e. The molecule has 8 heteroatoms. The average Bonchev–Trinajstić information content (AvgIpc) is 3.33. The fraction of sp³-hybridized carbons (Fsp3) is 0.346. The summed E-state index contributed by atoms with van der Waals surface area (Å²) in [5.74, 6) is 1.04. The van der Waals surface area contributed by atoms with E-state index in [1.54, 1.807) is 29.5 Å². The molecule has 1 aliphatic heterocycles. The summed E-state index contributed by atoms with van der Waals surface area (Å²) in [7, 11) is 1.51. The van der Waals surface area contributed by atoms with Crippen LogP contribution in [0.25, 0.3) is 10.4 Å². The van der Waals surface area contributed by atoms with Crippen molar-refractivity contribution in [2.24, 2.45) is 11.8 Å². The lowest BCUT2D eigenvalue weighted by molar-refractivity contribution is 0.0690. The Labute approximate surface area is 207 Å². The predicted octanol–water partition coefficient (Wildman–Crippen LogP) is 4.98. The van der Waals surface area contributed by atoms with Crippen molar-refractivity contribution in [2.45, 2.75) is 26.3 Å². The van der Waals surface area contributed by atoms with Gasteiger partial charge in [0.05, 0.1) is 28.6 Å². The molecule has 0 radical (unpaired) electrons. The Balaban J connectivity index is 1.35. The molecule has 3 atom stereocenters. The average molecular weight is 496 g/mol. The van der Waals surface area contributed by atoms with E-state index < -0.39 is 0 Å². The summed E-state index contributed by atoms with van der Waals surface area (Å²) < 4.78 is 5.31. The third-order valence-corrected chi connectivity index (χ3v) is 7.92. The van der Waals surface area contributed by atoms with E-state index in [-0.39, 0.29) is 17.9 Å². The Hall–Kier alpha value is -2.90. The van der Waals surface area contributed by atoms with Gasteiger partial charge < -0.3 is 15.0 Å². The van der Waals surface area contributed by atoms with Crippen LogP contribution in [0.15, 0.2) is 42.5 Å². The van der Waals surface area contributed by atoms with E-state index in [0.717, 1.165) is 27.4 Å². The number of carbonyl (C=O) groups excluding carboxylic acids is 2. The van der Waals surface area contributed by atoms with Gasteiger partial charge in [0, 0.05) is 18.1 Å². The number of nitrogens with one attached hydrogen (secondary N) is 1. The molecule has 34 heavy (non-hydrogen) atoms. The summed E-state index contributed by atoms with van der Waals surface area (Å²) in [5.41, 5.74) is 3.08. The van der Waals surface area contributed by atoms with Gasteiger partial charge in [0.15, 0.2) is 0 Å². The largest absolute Gasteiger partial charge is 0.496 e. The van der Waals surface area contributed by atoms with E-state index in [4.69, 9.17) is 16.3 Å². The Bertz CT molecular complexity index is 1270. The minimum atomic E-state index is -0.241. The molecule has 2 amide bonds. The van der Waals surface area contributed by atoms with Crippen molar-refractivity contribution in [3.63, 3.8) is 0 Å². The Morgan fingerprint density at radius 2 is 2.06 bits per heavy atom. The van der Waals surface area contributed by atoms with Crippen LogP contribution >= 0.6 is 22.9 Å². The number of fused-ring (bicyclic) bond motifs is 1.